The highest BCUT2D eigenvalue weighted by Crippen LogP contribution is 2.28. The summed E-state index contributed by atoms with van der Waals surface area (Å²) in [5, 5.41) is 9.46. The van der Waals surface area contributed by atoms with Gasteiger partial charge in [0.1, 0.15) is 0 Å². The summed E-state index contributed by atoms with van der Waals surface area (Å²) in [7, 11) is 1.66. The number of guanidine groups is 1. The van der Waals surface area contributed by atoms with Gasteiger partial charge in [-0.15, -0.1) is 24.0 Å². The summed E-state index contributed by atoms with van der Waals surface area (Å²) in [5.41, 5.74) is 3.23. The number of rotatable bonds is 12. The van der Waals surface area contributed by atoms with Crippen LogP contribution in [0, 0.1) is 0 Å². The molecule has 0 aliphatic carbocycles. The Hall–Kier alpha value is -2.49. The topological polar surface area (TPSA) is 84.0 Å². The van der Waals surface area contributed by atoms with Crippen LogP contribution in [0.3, 0.4) is 0 Å². The fraction of sp³-hybridized carbons (Fsp3) is 0.440. The summed E-state index contributed by atoms with van der Waals surface area (Å²) in [6.45, 7) is 8.48. The second-order valence-electron chi connectivity index (χ2n) is 7.34. The first kappa shape index (κ1) is 28.5. The van der Waals surface area contributed by atoms with Crippen LogP contribution in [0.1, 0.15) is 38.3 Å². The van der Waals surface area contributed by atoms with E-state index in [2.05, 4.69) is 33.9 Å². The highest BCUT2D eigenvalue weighted by atomic mass is 127. The van der Waals surface area contributed by atoms with Crippen molar-refractivity contribution >= 4 is 41.5 Å². The van der Waals surface area contributed by atoms with Gasteiger partial charge in [0.25, 0.3) is 0 Å². The number of aryl methyl sites for hydroxylation is 1. The minimum Gasteiger partial charge on any atom is -0.493 e. The lowest BCUT2D eigenvalue weighted by atomic mass is 10.1. The molecular formula is C25H37IN4O3. The first-order valence-corrected chi connectivity index (χ1v) is 11.2. The number of nitrogens with zero attached hydrogens (tertiary/aromatic N) is 1. The maximum absolute atomic E-state index is 11.1. The average molecular weight is 569 g/mol. The number of carbonyl (C=O) groups excluding carboxylic acids is 1. The van der Waals surface area contributed by atoms with Crippen LogP contribution in [-0.2, 0) is 17.6 Å². The van der Waals surface area contributed by atoms with Crippen molar-refractivity contribution in [3.05, 3.63) is 53.6 Å². The number of amides is 1. The molecule has 33 heavy (non-hydrogen) atoms. The van der Waals surface area contributed by atoms with Crippen molar-refractivity contribution in [1.29, 1.82) is 0 Å². The van der Waals surface area contributed by atoms with Crippen LogP contribution < -0.4 is 25.4 Å². The zero-order chi connectivity index (χ0) is 23.2. The van der Waals surface area contributed by atoms with E-state index >= 15 is 0 Å². The molecule has 7 nitrogen and oxygen atoms in total. The van der Waals surface area contributed by atoms with Crippen LogP contribution in [0.25, 0.3) is 0 Å². The van der Waals surface area contributed by atoms with Crippen LogP contribution in [0.2, 0.25) is 0 Å². The van der Waals surface area contributed by atoms with Gasteiger partial charge in [0.15, 0.2) is 17.5 Å². The Morgan fingerprint density at radius 3 is 2.33 bits per heavy atom. The molecule has 2 aromatic carbocycles. The van der Waals surface area contributed by atoms with Gasteiger partial charge < -0.3 is 25.4 Å². The Labute approximate surface area is 214 Å². The summed E-state index contributed by atoms with van der Waals surface area (Å²) in [6.07, 6.45) is 2.74. The quantitative estimate of drug-likeness (QED) is 0.153. The molecular weight excluding hydrogens is 531 g/mol. The highest BCUT2D eigenvalue weighted by Gasteiger charge is 2.05. The van der Waals surface area contributed by atoms with Gasteiger partial charge in [0.05, 0.1) is 13.7 Å². The third-order valence-electron chi connectivity index (χ3n) is 4.75. The van der Waals surface area contributed by atoms with Gasteiger partial charge in [0.2, 0.25) is 5.91 Å². The molecule has 2 aromatic rings. The molecule has 0 fully saturated rings. The van der Waals surface area contributed by atoms with Crippen molar-refractivity contribution in [2.45, 2.75) is 40.0 Å². The molecule has 0 saturated carbocycles. The van der Waals surface area contributed by atoms with Crippen LogP contribution >= 0.6 is 24.0 Å². The van der Waals surface area contributed by atoms with E-state index in [1.165, 1.54) is 18.1 Å². The van der Waals surface area contributed by atoms with Gasteiger partial charge in [-0.2, -0.15) is 0 Å². The molecule has 0 aliphatic rings. The Bertz CT molecular complexity index is 872. The maximum atomic E-state index is 11.1. The number of anilines is 1. The monoisotopic (exact) mass is 568 g/mol. The molecule has 182 valence electrons. The number of benzene rings is 2. The Kier molecular flexibility index (Phi) is 14.0. The lowest BCUT2D eigenvalue weighted by Crippen LogP contribution is -2.38. The highest BCUT2D eigenvalue weighted by molar-refractivity contribution is 14.0. The van der Waals surface area contributed by atoms with E-state index in [4.69, 9.17) is 9.47 Å². The SMILES string of the molecule is CCNC(=NCCCc1ccc(OC)c(OCC)c1)NCCc1ccc(NC(C)=O)cc1.I. The summed E-state index contributed by atoms with van der Waals surface area (Å²) in [6, 6.07) is 14.0. The van der Waals surface area contributed by atoms with Crippen molar-refractivity contribution in [3.8, 4) is 11.5 Å². The molecule has 1 amide bonds. The maximum Gasteiger partial charge on any atom is 0.221 e. The number of hydrogen-bond acceptors (Lipinski definition) is 4. The molecule has 0 spiro atoms. The van der Waals surface area contributed by atoms with E-state index in [-0.39, 0.29) is 29.9 Å². The second kappa shape index (κ2) is 16.2. The molecule has 0 unspecified atom stereocenters. The summed E-state index contributed by atoms with van der Waals surface area (Å²) in [4.78, 5) is 15.8. The van der Waals surface area contributed by atoms with Crippen molar-refractivity contribution < 1.29 is 14.3 Å². The van der Waals surface area contributed by atoms with Crippen molar-refractivity contribution in [2.75, 3.05) is 38.7 Å². The smallest absolute Gasteiger partial charge is 0.221 e. The van der Waals surface area contributed by atoms with Gasteiger partial charge in [-0.1, -0.05) is 18.2 Å². The number of methoxy groups -OCH3 is 1. The van der Waals surface area contributed by atoms with Crippen LogP contribution in [0.15, 0.2) is 47.5 Å². The molecule has 0 heterocycles. The molecule has 2 rings (SSSR count). The predicted molar refractivity (Wildman–Crippen MR) is 146 cm³/mol. The second-order valence-corrected chi connectivity index (χ2v) is 7.34. The standard InChI is InChI=1S/C25H36N4O3.HI/c1-5-26-25(28-17-15-20-9-12-22(13-10-20)29-19(3)30)27-16-7-8-21-11-14-23(31-4)24(18-21)32-6-2;/h9-14,18H,5-8,15-17H2,1-4H3,(H,29,30)(H2,26,27,28);1H. The number of ether oxygens (including phenoxy) is 2. The van der Waals surface area contributed by atoms with E-state index in [1.807, 2.05) is 43.3 Å². The van der Waals surface area contributed by atoms with Crippen LogP contribution in [-0.4, -0.2) is 45.2 Å². The van der Waals surface area contributed by atoms with Gasteiger partial charge in [0, 0.05) is 32.2 Å². The number of nitrogens with one attached hydrogen (secondary N) is 3. The van der Waals surface area contributed by atoms with E-state index < -0.39 is 0 Å². The van der Waals surface area contributed by atoms with Crippen molar-refractivity contribution in [2.24, 2.45) is 4.99 Å². The lowest BCUT2D eigenvalue weighted by Gasteiger charge is -2.12. The number of hydrogen-bond donors (Lipinski definition) is 3. The summed E-state index contributed by atoms with van der Waals surface area (Å²) < 4.78 is 11.0. The minimum atomic E-state index is -0.0624. The Morgan fingerprint density at radius 2 is 1.70 bits per heavy atom. The van der Waals surface area contributed by atoms with Gasteiger partial charge >= 0.3 is 0 Å². The normalized spacial score (nSPS) is 10.7. The first-order chi connectivity index (χ1) is 15.5. The van der Waals surface area contributed by atoms with E-state index in [0.29, 0.717) is 6.61 Å². The number of halogens is 1. The fourth-order valence-electron chi connectivity index (χ4n) is 3.24. The van der Waals surface area contributed by atoms with Crippen LogP contribution in [0.5, 0.6) is 11.5 Å². The third kappa shape index (κ3) is 10.8. The average Bonchev–Trinajstić information content (AvgIpc) is 2.78. The minimum absolute atomic E-state index is 0. The largest absolute Gasteiger partial charge is 0.493 e. The molecule has 0 radical (unpaired) electrons. The predicted octanol–water partition coefficient (Wildman–Crippen LogP) is 4.40. The Balaban J connectivity index is 0.00000544. The van der Waals surface area contributed by atoms with Crippen molar-refractivity contribution in [3.63, 3.8) is 0 Å². The molecule has 0 aliphatic heterocycles. The third-order valence-corrected chi connectivity index (χ3v) is 4.75. The van der Waals surface area contributed by atoms with E-state index in [1.54, 1.807) is 7.11 Å². The lowest BCUT2D eigenvalue weighted by molar-refractivity contribution is -0.114. The molecule has 8 heteroatoms. The van der Waals surface area contributed by atoms with E-state index in [0.717, 1.165) is 62.0 Å². The molecule has 0 saturated heterocycles. The fourth-order valence-corrected chi connectivity index (χ4v) is 3.24. The molecule has 3 N–H and O–H groups in total. The van der Waals surface area contributed by atoms with Gasteiger partial charge in [-0.25, -0.2) is 0 Å². The first-order valence-electron chi connectivity index (χ1n) is 11.2. The van der Waals surface area contributed by atoms with Crippen molar-refractivity contribution in [1.82, 2.24) is 10.6 Å². The zero-order valence-electron chi connectivity index (χ0n) is 20.1. The zero-order valence-corrected chi connectivity index (χ0v) is 22.4. The summed E-state index contributed by atoms with van der Waals surface area (Å²) in [5.74, 6) is 2.31. The van der Waals surface area contributed by atoms with Crippen LogP contribution in [0.4, 0.5) is 5.69 Å². The van der Waals surface area contributed by atoms with Gasteiger partial charge in [-0.3, -0.25) is 9.79 Å². The Morgan fingerprint density at radius 1 is 0.970 bits per heavy atom. The molecule has 0 aromatic heterocycles. The molecule has 0 atom stereocenters. The molecule has 0 bridgehead atoms. The van der Waals surface area contributed by atoms with E-state index in [9.17, 15) is 4.79 Å². The number of carbonyl (C=O) groups is 1. The summed E-state index contributed by atoms with van der Waals surface area (Å²) >= 11 is 0. The number of aliphatic imine (C=N–C) groups is 1. The van der Waals surface area contributed by atoms with Gasteiger partial charge in [-0.05, 0) is 68.5 Å².